The van der Waals surface area contributed by atoms with Gasteiger partial charge in [0.2, 0.25) is 0 Å². The van der Waals surface area contributed by atoms with Crippen molar-refractivity contribution in [2.24, 2.45) is 0 Å². The molecule has 0 radical (unpaired) electrons. The first kappa shape index (κ1) is 22.2. The van der Waals surface area contributed by atoms with E-state index >= 15 is 0 Å². The largest absolute Gasteiger partial charge is 0.489 e. The first-order valence-electron chi connectivity index (χ1n) is 11.3. The summed E-state index contributed by atoms with van der Waals surface area (Å²) in [7, 11) is 0. The molecular formula is C27H25N3O3S. The number of hydrogen-bond acceptors (Lipinski definition) is 6. The first-order chi connectivity index (χ1) is 16.6. The topological polar surface area (TPSA) is 84.1 Å². The SMILES string of the molecule is C=CCSc1nc2c(c(=O)[nH]1)C(c1cccc(OCc3ccccc3)c1)C1=C(CCCC1=O)N2. The van der Waals surface area contributed by atoms with Gasteiger partial charge >= 0.3 is 0 Å². The van der Waals surface area contributed by atoms with Crippen LogP contribution in [-0.4, -0.2) is 21.5 Å². The summed E-state index contributed by atoms with van der Waals surface area (Å²) in [5.74, 6) is 1.43. The molecule has 6 nitrogen and oxygen atoms in total. The Morgan fingerprint density at radius 3 is 2.79 bits per heavy atom. The van der Waals surface area contributed by atoms with Crippen molar-refractivity contribution < 1.29 is 9.53 Å². The third-order valence-electron chi connectivity index (χ3n) is 6.01. The molecule has 2 aliphatic rings. The maximum Gasteiger partial charge on any atom is 0.257 e. The molecule has 0 saturated carbocycles. The first-order valence-corrected chi connectivity index (χ1v) is 12.3. The van der Waals surface area contributed by atoms with E-state index in [1.165, 1.54) is 11.8 Å². The fourth-order valence-electron chi connectivity index (χ4n) is 4.50. The molecule has 2 N–H and O–H groups in total. The van der Waals surface area contributed by atoms with Gasteiger partial charge in [0.05, 0.1) is 5.56 Å². The summed E-state index contributed by atoms with van der Waals surface area (Å²) in [6, 6.07) is 17.6. The number of H-pyrrole nitrogens is 1. The summed E-state index contributed by atoms with van der Waals surface area (Å²) in [5.41, 5.74) is 3.67. The molecule has 1 atom stereocenters. The monoisotopic (exact) mass is 471 g/mol. The Balaban J connectivity index is 1.55. The fraction of sp³-hybridized carbons (Fsp3) is 0.222. The van der Waals surface area contributed by atoms with Crippen molar-refractivity contribution >= 4 is 23.4 Å². The molecule has 1 aromatic heterocycles. The lowest BCUT2D eigenvalue weighted by atomic mass is 9.76. The molecule has 0 spiro atoms. The van der Waals surface area contributed by atoms with Crippen molar-refractivity contribution in [1.29, 1.82) is 0 Å². The van der Waals surface area contributed by atoms with Crippen LogP contribution in [0.5, 0.6) is 5.75 Å². The Morgan fingerprint density at radius 1 is 1.12 bits per heavy atom. The Hall–Kier alpha value is -3.58. The number of anilines is 1. The predicted molar refractivity (Wildman–Crippen MR) is 134 cm³/mol. The fourth-order valence-corrected chi connectivity index (χ4v) is 5.10. The Bertz CT molecular complexity index is 1330. The van der Waals surface area contributed by atoms with Gasteiger partial charge in [-0.25, -0.2) is 4.98 Å². The van der Waals surface area contributed by atoms with Gasteiger partial charge in [-0.2, -0.15) is 0 Å². The summed E-state index contributed by atoms with van der Waals surface area (Å²) in [6.45, 7) is 4.17. The number of hydrogen-bond donors (Lipinski definition) is 2. The summed E-state index contributed by atoms with van der Waals surface area (Å²) >= 11 is 1.41. The number of nitrogens with zero attached hydrogens (tertiary/aromatic N) is 1. The number of carbonyl (C=O) groups is 1. The van der Waals surface area contributed by atoms with Crippen LogP contribution < -0.4 is 15.6 Å². The second kappa shape index (κ2) is 9.73. The van der Waals surface area contributed by atoms with E-state index in [9.17, 15) is 9.59 Å². The zero-order valence-corrected chi connectivity index (χ0v) is 19.5. The van der Waals surface area contributed by atoms with Gasteiger partial charge in [0.15, 0.2) is 10.9 Å². The summed E-state index contributed by atoms with van der Waals surface area (Å²) in [5, 5.41) is 3.83. The van der Waals surface area contributed by atoms with Crippen LogP contribution in [0.15, 0.2) is 88.5 Å². The Kier molecular flexibility index (Phi) is 6.36. The molecule has 1 unspecified atom stereocenters. The molecule has 1 aliphatic heterocycles. The highest BCUT2D eigenvalue weighted by Crippen LogP contribution is 2.44. The zero-order chi connectivity index (χ0) is 23.5. The number of fused-ring (bicyclic) bond motifs is 1. The van der Waals surface area contributed by atoms with Gasteiger partial charge in [0.25, 0.3) is 5.56 Å². The highest BCUT2D eigenvalue weighted by molar-refractivity contribution is 7.99. The van der Waals surface area contributed by atoms with E-state index < -0.39 is 5.92 Å². The normalized spacial score (nSPS) is 16.9. The molecule has 172 valence electrons. The lowest BCUT2D eigenvalue weighted by Gasteiger charge is -2.32. The average Bonchev–Trinajstić information content (AvgIpc) is 2.86. The number of allylic oxidation sites excluding steroid dienone is 2. The molecule has 3 aromatic rings. The number of nitrogens with one attached hydrogen (secondary N) is 2. The van der Waals surface area contributed by atoms with Crippen LogP contribution in [0.25, 0.3) is 0 Å². The van der Waals surface area contributed by atoms with E-state index in [0.717, 1.165) is 29.7 Å². The minimum Gasteiger partial charge on any atom is -0.489 e. The van der Waals surface area contributed by atoms with Crippen molar-refractivity contribution in [2.75, 3.05) is 11.1 Å². The number of aromatic nitrogens is 2. The van der Waals surface area contributed by atoms with E-state index in [-0.39, 0.29) is 11.3 Å². The van der Waals surface area contributed by atoms with E-state index in [1.807, 2.05) is 54.6 Å². The van der Waals surface area contributed by atoms with Gasteiger partial charge in [-0.1, -0.05) is 60.3 Å². The van der Waals surface area contributed by atoms with Gasteiger partial charge in [-0.3, -0.25) is 9.59 Å². The third-order valence-corrected chi connectivity index (χ3v) is 6.88. The second-order valence-corrected chi connectivity index (χ2v) is 9.32. The Morgan fingerprint density at radius 2 is 1.97 bits per heavy atom. The lowest BCUT2D eigenvalue weighted by molar-refractivity contribution is -0.116. The molecule has 0 bridgehead atoms. The van der Waals surface area contributed by atoms with Crippen LogP contribution in [0.4, 0.5) is 5.82 Å². The molecule has 2 aromatic carbocycles. The van der Waals surface area contributed by atoms with Crippen LogP contribution in [0, 0.1) is 0 Å². The number of aromatic amines is 1. The van der Waals surface area contributed by atoms with E-state index in [2.05, 4.69) is 21.9 Å². The molecule has 2 heterocycles. The molecule has 0 fully saturated rings. The molecule has 34 heavy (non-hydrogen) atoms. The van der Waals surface area contributed by atoms with Crippen molar-refractivity contribution in [3.63, 3.8) is 0 Å². The highest BCUT2D eigenvalue weighted by Gasteiger charge is 2.38. The minimum atomic E-state index is -0.492. The summed E-state index contributed by atoms with van der Waals surface area (Å²) in [6.07, 6.45) is 3.79. The quantitative estimate of drug-likeness (QED) is 0.280. The smallest absolute Gasteiger partial charge is 0.257 e. The maximum absolute atomic E-state index is 13.3. The van der Waals surface area contributed by atoms with Crippen LogP contribution in [0.3, 0.4) is 0 Å². The van der Waals surface area contributed by atoms with E-state index in [0.29, 0.717) is 46.6 Å². The van der Waals surface area contributed by atoms with Crippen LogP contribution in [0.1, 0.15) is 41.9 Å². The van der Waals surface area contributed by atoms with Gasteiger partial charge in [-0.15, -0.1) is 6.58 Å². The van der Waals surface area contributed by atoms with Crippen molar-refractivity contribution in [2.45, 2.75) is 36.9 Å². The summed E-state index contributed by atoms with van der Waals surface area (Å²) in [4.78, 5) is 33.9. The van der Waals surface area contributed by atoms with Crippen molar-refractivity contribution in [1.82, 2.24) is 9.97 Å². The molecule has 1 aliphatic carbocycles. The van der Waals surface area contributed by atoms with Gasteiger partial charge in [-0.05, 0) is 36.1 Å². The molecule has 5 rings (SSSR count). The number of ketones is 1. The number of thioether (sulfide) groups is 1. The van der Waals surface area contributed by atoms with Gasteiger partial charge < -0.3 is 15.0 Å². The number of carbonyl (C=O) groups excluding carboxylic acids is 1. The maximum atomic E-state index is 13.3. The molecule has 7 heteroatoms. The summed E-state index contributed by atoms with van der Waals surface area (Å²) < 4.78 is 6.04. The molecular weight excluding hydrogens is 446 g/mol. The number of Topliss-reactive ketones (excluding diaryl/α,β-unsaturated/α-hetero) is 1. The highest BCUT2D eigenvalue weighted by atomic mass is 32.2. The minimum absolute atomic E-state index is 0.0736. The molecule has 0 amide bonds. The average molecular weight is 472 g/mol. The van der Waals surface area contributed by atoms with Gasteiger partial charge in [0, 0.05) is 29.4 Å². The van der Waals surface area contributed by atoms with Crippen molar-refractivity contribution in [3.8, 4) is 5.75 Å². The predicted octanol–water partition coefficient (Wildman–Crippen LogP) is 5.19. The lowest BCUT2D eigenvalue weighted by Crippen LogP contribution is -2.32. The molecule has 0 saturated heterocycles. The third kappa shape index (κ3) is 4.43. The van der Waals surface area contributed by atoms with Crippen LogP contribution in [-0.2, 0) is 11.4 Å². The Labute approximate surface area is 202 Å². The number of benzene rings is 2. The van der Waals surface area contributed by atoms with E-state index in [1.54, 1.807) is 6.08 Å². The van der Waals surface area contributed by atoms with Crippen molar-refractivity contribution in [3.05, 3.63) is 106 Å². The standard InChI is InChI=1S/C27H25N3O3S/c1-2-14-34-27-29-25-24(26(32)30-27)22(23-20(28-25)12-7-13-21(23)31)18-10-6-11-19(15-18)33-16-17-8-4-3-5-9-17/h2-6,8-11,15,22H,1,7,12-14,16H2,(H2,28,29,30,32). The van der Waals surface area contributed by atoms with Crippen LogP contribution in [0.2, 0.25) is 0 Å². The van der Waals surface area contributed by atoms with Crippen LogP contribution >= 0.6 is 11.8 Å². The van der Waals surface area contributed by atoms with Gasteiger partial charge in [0.1, 0.15) is 18.2 Å². The van der Waals surface area contributed by atoms with E-state index in [4.69, 9.17) is 4.74 Å². The zero-order valence-electron chi connectivity index (χ0n) is 18.7. The number of ether oxygens (including phenoxy) is 1. The number of rotatable bonds is 7. The second-order valence-electron chi connectivity index (χ2n) is 8.31.